The van der Waals surface area contributed by atoms with E-state index in [1.165, 1.54) is 18.2 Å². The molecule has 1 aliphatic carbocycles. The predicted molar refractivity (Wildman–Crippen MR) is 63.2 cm³/mol. The van der Waals surface area contributed by atoms with Crippen LogP contribution in [0.25, 0.3) is 0 Å². The van der Waals surface area contributed by atoms with Crippen molar-refractivity contribution in [1.82, 2.24) is 4.90 Å². The van der Waals surface area contributed by atoms with Gasteiger partial charge < -0.3 is 4.90 Å². The molecule has 1 fully saturated rings. The third-order valence-corrected chi connectivity index (χ3v) is 3.04. The van der Waals surface area contributed by atoms with E-state index in [1.807, 2.05) is 0 Å². The molecular weight excluding hydrogens is 244 g/mol. The molecule has 0 atom stereocenters. The number of nitrogens with zero attached hydrogens (tertiary/aromatic N) is 2. The monoisotopic (exact) mass is 254 g/mol. The lowest BCUT2D eigenvalue weighted by molar-refractivity contribution is -0.385. The van der Waals surface area contributed by atoms with Crippen LogP contribution < -0.4 is 0 Å². The standard InChI is InChI=1S/C11H11ClN2O3/c1-13(8-3-4-8)11(15)9-6-7(12)2-5-10(9)14(16)17/h2,5-6,8H,3-4H2,1H3. The lowest BCUT2D eigenvalue weighted by atomic mass is 10.1. The first-order chi connectivity index (χ1) is 8.00. The quantitative estimate of drug-likeness (QED) is 0.615. The van der Waals surface area contributed by atoms with E-state index in [0.717, 1.165) is 12.8 Å². The summed E-state index contributed by atoms with van der Waals surface area (Å²) in [6.45, 7) is 0. The Bertz CT molecular complexity index is 486. The minimum Gasteiger partial charge on any atom is -0.339 e. The van der Waals surface area contributed by atoms with E-state index in [-0.39, 0.29) is 23.2 Å². The molecule has 2 rings (SSSR count). The molecule has 1 aliphatic rings. The van der Waals surface area contributed by atoms with Crippen molar-refractivity contribution < 1.29 is 9.72 Å². The maximum absolute atomic E-state index is 12.1. The third kappa shape index (κ3) is 2.39. The van der Waals surface area contributed by atoms with E-state index >= 15 is 0 Å². The average molecular weight is 255 g/mol. The van der Waals surface area contributed by atoms with Gasteiger partial charge in [0, 0.05) is 24.2 Å². The fraction of sp³-hybridized carbons (Fsp3) is 0.364. The highest BCUT2D eigenvalue weighted by Gasteiger charge is 2.32. The number of halogens is 1. The number of hydrogen-bond donors (Lipinski definition) is 0. The van der Waals surface area contributed by atoms with Gasteiger partial charge in [-0.15, -0.1) is 0 Å². The first kappa shape index (κ1) is 11.9. The number of hydrogen-bond acceptors (Lipinski definition) is 3. The van der Waals surface area contributed by atoms with Crippen molar-refractivity contribution in [2.45, 2.75) is 18.9 Å². The fourth-order valence-electron chi connectivity index (χ4n) is 1.66. The Hall–Kier alpha value is -1.62. The largest absolute Gasteiger partial charge is 0.339 e. The van der Waals surface area contributed by atoms with E-state index in [9.17, 15) is 14.9 Å². The number of rotatable bonds is 3. The minimum atomic E-state index is -0.565. The zero-order valence-corrected chi connectivity index (χ0v) is 9.98. The molecular formula is C11H11ClN2O3. The molecule has 0 N–H and O–H groups in total. The van der Waals surface area contributed by atoms with Gasteiger partial charge in [-0.2, -0.15) is 0 Å². The molecule has 1 amide bonds. The van der Waals surface area contributed by atoms with Crippen molar-refractivity contribution in [3.05, 3.63) is 38.9 Å². The number of carbonyl (C=O) groups is 1. The summed E-state index contributed by atoms with van der Waals surface area (Å²) in [5.74, 6) is -0.346. The second-order valence-electron chi connectivity index (χ2n) is 4.07. The van der Waals surface area contributed by atoms with Crippen LogP contribution in [0.1, 0.15) is 23.2 Å². The molecule has 0 saturated heterocycles. The second-order valence-corrected chi connectivity index (χ2v) is 4.50. The molecule has 0 bridgehead atoms. The first-order valence-corrected chi connectivity index (χ1v) is 5.59. The van der Waals surface area contributed by atoms with Gasteiger partial charge in [-0.25, -0.2) is 0 Å². The molecule has 17 heavy (non-hydrogen) atoms. The Balaban J connectivity index is 2.38. The summed E-state index contributed by atoms with van der Waals surface area (Å²) in [4.78, 5) is 23.9. The molecule has 5 nitrogen and oxygen atoms in total. The molecule has 0 radical (unpaired) electrons. The van der Waals surface area contributed by atoms with Gasteiger partial charge in [-0.05, 0) is 25.0 Å². The van der Waals surface area contributed by atoms with E-state index in [4.69, 9.17) is 11.6 Å². The molecule has 0 unspecified atom stereocenters. The summed E-state index contributed by atoms with van der Waals surface area (Å²) in [6.07, 6.45) is 1.91. The number of benzene rings is 1. The highest BCUT2D eigenvalue weighted by atomic mass is 35.5. The Kier molecular flexibility index (Phi) is 3.02. The van der Waals surface area contributed by atoms with Crippen LogP contribution in [0.3, 0.4) is 0 Å². The average Bonchev–Trinajstić information content (AvgIpc) is 3.10. The van der Waals surface area contributed by atoms with Crippen LogP contribution >= 0.6 is 11.6 Å². The Morgan fingerprint density at radius 2 is 2.18 bits per heavy atom. The molecule has 0 aromatic heterocycles. The van der Waals surface area contributed by atoms with Crippen molar-refractivity contribution in [2.24, 2.45) is 0 Å². The molecule has 1 aromatic rings. The van der Waals surface area contributed by atoms with E-state index < -0.39 is 4.92 Å². The predicted octanol–water partition coefficient (Wildman–Crippen LogP) is 2.48. The summed E-state index contributed by atoms with van der Waals surface area (Å²) in [6, 6.07) is 4.23. The maximum atomic E-state index is 12.1. The SMILES string of the molecule is CN(C(=O)c1cc(Cl)ccc1[N+](=O)[O-])C1CC1. The van der Waals surface area contributed by atoms with Crippen LogP contribution in [0.5, 0.6) is 0 Å². The molecule has 1 saturated carbocycles. The number of nitro benzene ring substituents is 1. The minimum absolute atomic E-state index is 0.0527. The normalized spacial score (nSPS) is 14.5. The van der Waals surface area contributed by atoms with Gasteiger partial charge in [0.15, 0.2) is 0 Å². The van der Waals surface area contributed by atoms with Crippen molar-refractivity contribution in [3.63, 3.8) is 0 Å². The van der Waals surface area contributed by atoms with Crippen LogP contribution in [-0.2, 0) is 0 Å². The highest BCUT2D eigenvalue weighted by molar-refractivity contribution is 6.31. The molecule has 90 valence electrons. The zero-order chi connectivity index (χ0) is 12.6. The van der Waals surface area contributed by atoms with E-state index in [0.29, 0.717) is 5.02 Å². The molecule has 1 aromatic carbocycles. The van der Waals surface area contributed by atoms with Gasteiger partial charge in [0.1, 0.15) is 5.56 Å². The van der Waals surface area contributed by atoms with Gasteiger partial charge in [0.2, 0.25) is 0 Å². The summed E-state index contributed by atoms with van der Waals surface area (Å²) in [5.41, 5.74) is -0.149. The Morgan fingerprint density at radius 3 is 2.71 bits per heavy atom. The number of carbonyl (C=O) groups excluding carboxylic acids is 1. The van der Waals surface area contributed by atoms with E-state index in [2.05, 4.69) is 0 Å². The van der Waals surface area contributed by atoms with Gasteiger partial charge in [-0.1, -0.05) is 11.6 Å². The Labute approximate surface area is 103 Å². The maximum Gasteiger partial charge on any atom is 0.282 e. The fourth-order valence-corrected chi connectivity index (χ4v) is 1.83. The topological polar surface area (TPSA) is 63.5 Å². The van der Waals surface area contributed by atoms with Gasteiger partial charge >= 0.3 is 0 Å². The smallest absolute Gasteiger partial charge is 0.282 e. The van der Waals surface area contributed by atoms with Gasteiger partial charge in [0.25, 0.3) is 11.6 Å². The summed E-state index contributed by atoms with van der Waals surface area (Å²) < 4.78 is 0. The summed E-state index contributed by atoms with van der Waals surface area (Å²) in [5, 5.41) is 11.2. The lowest BCUT2D eigenvalue weighted by Crippen LogP contribution is -2.29. The summed E-state index contributed by atoms with van der Waals surface area (Å²) >= 11 is 5.77. The molecule has 0 heterocycles. The van der Waals surface area contributed by atoms with Gasteiger partial charge in [0.05, 0.1) is 4.92 Å². The van der Waals surface area contributed by atoms with Crippen LogP contribution in [0.15, 0.2) is 18.2 Å². The lowest BCUT2D eigenvalue weighted by Gasteiger charge is -2.16. The van der Waals surface area contributed by atoms with Crippen molar-refractivity contribution in [2.75, 3.05) is 7.05 Å². The van der Waals surface area contributed by atoms with Crippen molar-refractivity contribution in [1.29, 1.82) is 0 Å². The molecule has 0 aliphatic heterocycles. The van der Waals surface area contributed by atoms with Crippen LogP contribution in [0.4, 0.5) is 5.69 Å². The zero-order valence-electron chi connectivity index (χ0n) is 9.22. The Morgan fingerprint density at radius 1 is 1.53 bits per heavy atom. The van der Waals surface area contributed by atoms with Gasteiger partial charge in [-0.3, -0.25) is 14.9 Å². The highest BCUT2D eigenvalue weighted by Crippen LogP contribution is 2.30. The van der Waals surface area contributed by atoms with Crippen LogP contribution in [0, 0.1) is 10.1 Å². The molecule has 0 spiro atoms. The van der Waals surface area contributed by atoms with E-state index in [1.54, 1.807) is 11.9 Å². The van der Waals surface area contributed by atoms with Crippen molar-refractivity contribution in [3.8, 4) is 0 Å². The number of amides is 1. The first-order valence-electron chi connectivity index (χ1n) is 5.22. The van der Waals surface area contributed by atoms with Crippen LogP contribution in [0.2, 0.25) is 5.02 Å². The number of nitro groups is 1. The second kappa shape index (κ2) is 4.33. The molecule has 6 heteroatoms. The summed E-state index contributed by atoms with van der Waals surface area (Å²) in [7, 11) is 1.66. The third-order valence-electron chi connectivity index (χ3n) is 2.80. The van der Waals surface area contributed by atoms with Crippen molar-refractivity contribution >= 4 is 23.2 Å². The van der Waals surface area contributed by atoms with Crippen LogP contribution in [-0.4, -0.2) is 28.8 Å².